The first-order chi connectivity index (χ1) is 18.0. The Hall–Kier alpha value is -3.07. The number of benzene rings is 2. The van der Waals surface area contributed by atoms with E-state index in [0.29, 0.717) is 37.4 Å². The average Bonchev–Trinajstić information content (AvgIpc) is 2.87. The summed E-state index contributed by atoms with van der Waals surface area (Å²) < 4.78 is 32.3. The molecule has 0 radical (unpaired) electrons. The molecule has 0 aliphatic rings. The highest BCUT2D eigenvalue weighted by Gasteiger charge is 2.30. The summed E-state index contributed by atoms with van der Waals surface area (Å²) in [5.74, 6) is 0.110. The van der Waals surface area contributed by atoms with Crippen molar-refractivity contribution in [3.8, 4) is 5.75 Å². The van der Waals surface area contributed by atoms with E-state index in [1.165, 1.54) is 4.31 Å². The third-order valence-electron chi connectivity index (χ3n) is 6.57. The molecule has 210 valence electrons. The topological polar surface area (TPSA) is 96.0 Å². The van der Waals surface area contributed by atoms with Crippen LogP contribution in [-0.4, -0.2) is 56.6 Å². The van der Waals surface area contributed by atoms with Crippen LogP contribution in [-0.2, 0) is 26.2 Å². The van der Waals surface area contributed by atoms with E-state index in [1.807, 2.05) is 58.9 Å². The average molecular weight is 546 g/mol. The van der Waals surface area contributed by atoms with Crippen molar-refractivity contribution >= 4 is 27.5 Å². The van der Waals surface area contributed by atoms with Crippen LogP contribution in [0.5, 0.6) is 5.75 Å². The Morgan fingerprint density at radius 3 is 2.26 bits per heavy atom. The smallest absolute Gasteiger partial charge is 0.243 e. The van der Waals surface area contributed by atoms with E-state index in [2.05, 4.69) is 5.32 Å². The molecule has 0 unspecified atom stereocenters. The van der Waals surface area contributed by atoms with Gasteiger partial charge in [0, 0.05) is 25.6 Å². The Morgan fingerprint density at radius 1 is 1.00 bits per heavy atom. The van der Waals surface area contributed by atoms with E-state index < -0.39 is 16.1 Å². The molecule has 2 amide bonds. The standard InChI is InChI=1S/C29H43N3O5S/c1-7-23(5)30-29(34)25(8-2)31(21-24-16-11-10-15-22(24)4)28(33)19-14-20-32(38(6,35)36)26-17-12-13-18-27(26)37-9-3/h10-13,15-18,23,25H,7-9,14,19-21H2,1-6H3,(H,30,34)/t23-,25+/m1/s1. The molecule has 38 heavy (non-hydrogen) atoms. The molecule has 0 saturated heterocycles. The van der Waals surface area contributed by atoms with E-state index in [9.17, 15) is 18.0 Å². The Morgan fingerprint density at radius 2 is 1.66 bits per heavy atom. The van der Waals surface area contributed by atoms with Gasteiger partial charge in [-0.2, -0.15) is 0 Å². The Labute approximate surface area is 228 Å². The van der Waals surface area contributed by atoms with Crippen molar-refractivity contribution in [2.24, 2.45) is 0 Å². The quantitative estimate of drug-likeness (QED) is 0.351. The summed E-state index contributed by atoms with van der Waals surface area (Å²) in [5, 5.41) is 3.02. The summed E-state index contributed by atoms with van der Waals surface area (Å²) in [5.41, 5.74) is 2.46. The van der Waals surface area contributed by atoms with Crippen molar-refractivity contribution in [2.45, 2.75) is 78.9 Å². The lowest BCUT2D eigenvalue weighted by Crippen LogP contribution is -2.50. The first kappa shape index (κ1) is 31.1. The fraction of sp³-hybridized carbons (Fsp3) is 0.517. The number of ether oxygens (including phenoxy) is 1. The van der Waals surface area contributed by atoms with Crippen LogP contribution in [0, 0.1) is 6.92 Å². The molecule has 0 saturated carbocycles. The number of hydrogen-bond acceptors (Lipinski definition) is 5. The van der Waals surface area contributed by atoms with E-state index in [-0.39, 0.29) is 30.8 Å². The number of carbonyl (C=O) groups is 2. The highest BCUT2D eigenvalue weighted by molar-refractivity contribution is 7.92. The van der Waals surface area contributed by atoms with Gasteiger partial charge in [0.05, 0.1) is 18.6 Å². The van der Waals surface area contributed by atoms with Crippen molar-refractivity contribution in [2.75, 3.05) is 23.7 Å². The molecule has 0 spiro atoms. The molecule has 2 aromatic rings. The fourth-order valence-corrected chi connectivity index (χ4v) is 5.22. The van der Waals surface area contributed by atoms with Crippen molar-refractivity contribution in [3.05, 3.63) is 59.7 Å². The molecular weight excluding hydrogens is 502 g/mol. The van der Waals surface area contributed by atoms with Crippen molar-refractivity contribution in [3.63, 3.8) is 0 Å². The fourth-order valence-electron chi connectivity index (χ4n) is 4.25. The van der Waals surface area contributed by atoms with Crippen molar-refractivity contribution in [1.29, 1.82) is 0 Å². The first-order valence-electron chi connectivity index (χ1n) is 13.4. The van der Waals surface area contributed by atoms with Crippen LogP contribution in [0.2, 0.25) is 0 Å². The number of nitrogens with zero attached hydrogens (tertiary/aromatic N) is 2. The lowest BCUT2D eigenvalue weighted by atomic mass is 10.0. The number of amides is 2. The predicted molar refractivity (Wildman–Crippen MR) is 153 cm³/mol. The molecule has 0 aliphatic heterocycles. The highest BCUT2D eigenvalue weighted by atomic mass is 32.2. The largest absolute Gasteiger partial charge is 0.492 e. The predicted octanol–water partition coefficient (Wildman–Crippen LogP) is 4.66. The second kappa shape index (κ2) is 14.8. The van der Waals surface area contributed by atoms with Gasteiger partial charge in [0.15, 0.2) is 0 Å². The lowest BCUT2D eigenvalue weighted by molar-refractivity contribution is -0.141. The van der Waals surface area contributed by atoms with Gasteiger partial charge < -0.3 is 15.0 Å². The van der Waals surface area contributed by atoms with Crippen LogP contribution < -0.4 is 14.4 Å². The van der Waals surface area contributed by atoms with Crippen LogP contribution in [0.15, 0.2) is 48.5 Å². The van der Waals surface area contributed by atoms with E-state index in [4.69, 9.17) is 4.74 Å². The lowest BCUT2D eigenvalue weighted by Gasteiger charge is -2.32. The van der Waals surface area contributed by atoms with Crippen LogP contribution in [0.25, 0.3) is 0 Å². The second-order valence-electron chi connectivity index (χ2n) is 9.53. The van der Waals surface area contributed by atoms with Gasteiger partial charge in [-0.1, -0.05) is 50.2 Å². The zero-order chi connectivity index (χ0) is 28.3. The molecule has 0 aliphatic carbocycles. The summed E-state index contributed by atoms with van der Waals surface area (Å²) in [4.78, 5) is 28.4. The minimum Gasteiger partial charge on any atom is -0.492 e. The van der Waals surface area contributed by atoms with Crippen LogP contribution in [0.3, 0.4) is 0 Å². The third kappa shape index (κ3) is 8.75. The molecule has 0 aromatic heterocycles. The zero-order valence-corrected chi connectivity index (χ0v) is 24.4. The van der Waals surface area contributed by atoms with Gasteiger partial charge in [-0.05, 0) is 63.3 Å². The van der Waals surface area contributed by atoms with E-state index >= 15 is 0 Å². The van der Waals surface area contributed by atoms with Gasteiger partial charge in [0.2, 0.25) is 21.8 Å². The molecule has 1 N–H and O–H groups in total. The zero-order valence-electron chi connectivity index (χ0n) is 23.6. The number of para-hydroxylation sites is 2. The third-order valence-corrected chi connectivity index (χ3v) is 7.75. The maximum atomic E-state index is 13.6. The van der Waals surface area contributed by atoms with Gasteiger partial charge in [-0.25, -0.2) is 8.42 Å². The van der Waals surface area contributed by atoms with Crippen LogP contribution in [0.4, 0.5) is 5.69 Å². The Bertz CT molecular complexity index is 1170. The number of rotatable bonds is 15. The maximum Gasteiger partial charge on any atom is 0.243 e. The Balaban J connectivity index is 2.27. The molecule has 0 heterocycles. The van der Waals surface area contributed by atoms with Gasteiger partial charge in [0.1, 0.15) is 11.8 Å². The summed E-state index contributed by atoms with van der Waals surface area (Å²) in [7, 11) is -3.62. The number of anilines is 1. The minimum absolute atomic E-state index is 0.000639. The molecule has 0 fully saturated rings. The number of aryl methyl sites for hydroxylation is 1. The monoisotopic (exact) mass is 545 g/mol. The summed E-state index contributed by atoms with van der Waals surface area (Å²) >= 11 is 0. The van der Waals surface area contributed by atoms with E-state index in [1.54, 1.807) is 29.2 Å². The van der Waals surface area contributed by atoms with Gasteiger partial charge >= 0.3 is 0 Å². The summed E-state index contributed by atoms with van der Waals surface area (Å²) in [6.45, 7) is 10.5. The van der Waals surface area contributed by atoms with Crippen LogP contribution >= 0.6 is 0 Å². The Kier molecular flexibility index (Phi) is 12.1. The number of hydrogen-bond donors (Lipinski definition) is 1. The molecular formula is C29H43N3O5S. The molecule has 2 rings (SSSR count). The molecule has 0 bridgehead atoms. The summed E-state index contributed by atoms with van der Waals surface area (Å²) in [6.07, 6.45) is 2.80. The molecule has 2 atom stereocenters. The van der Waals surface area contributed by atoms with Crippen molar-refractivity contribution in [1.82, 2.24) is 10.2 Å². The number of sulfonamides is 1. The molecule has 9 heteroatoms. The molecule has 8 nitrogen and oxygen atoms in total. The van der Waals surface area contributed by atoms with Gasteiger partial charge in [-0.15, -0.1) is 0 Å². The van der Waals surface area contributed by atoms with Gasteiger partial charge in [0.25, 0.3) is 0 Å². The van der Waals surface area contributed by atoms with Gasteiger partial charge in [-0.3, -0.25) is 13.9 Å². The second-order valence-corrected chi connectivity index (χ2v) is 11.4. The van der Waals surface area contributed by atoms with Crippen LogP contribution in [0.1, 0.15) is 64.5 Å². The highest BCUT2D eigenvalue weighted by Crippen LogP contribution is 2.30. The SMILES string of the molecule is CCOc1ccccc1N(CCCC(=O)N(Cc1ccccc1C)[C@@H](CC)C(=O)N[C@H](C)CC)S(C)(=O)=O. The van der Waals surface area contributed by atoms with E-state index in [0.717, 1.165) is 23.8 Å². The normalized spacial score (nSPS) is 12.9. The maximum absolute atomic E-state index is 13.6. The number of nitrogens with one attached hydrogen (secondary N) is 1. The number of carbonyl (C=O) groups excluding carboxylic acids is 2. The molecule has 2 aromatic carbocycles. The summed E-state index contributed by atoms with van der Waals surface area (Å²) in [6, 6.07) is 14.2. The minimum atomic E-state index is -3.62. The first-order valence-corrected chi connectivity index (χ1v) is 15.2. The van der Waals surface area contributed by atoms with Crippen molar-refractivity contribution < 1.29 is 22.7 Å².